The van der Waals surface area contributed by atoms with Gasteiger partial charge in [0.25, 0.3) is 5.56 Å². The van der Waals surface area contributed by atoms with Gasteiger partial charge in [0, 0.05) is 23.0 Å². The zero-order chi connectivity index (χ0) is 21.6. The number of benzene rings is 1. The number of hydrogen-bond donors (Lipinski definition) is 1. The highest BCUT2D eigenvalue weighted by molar-refractivity contribution is 6.30. The average molecular weight is 425 g/mol. The summed E-state index contributed by atoms with van der Waals surface area (Å²) in [6, 6.07) is 8.24. The number of halogens is 1. The molecule has 0 amide bonds. The molecule has 0 aliphatic heterocycles. The number of carboxylic acid groups (broad SMARTS) is 1. The Morgan fingerprint density at radius 1 is 1.20 bits per heavy atom. The molecule has 7 nitrogen and oxygen atoms in total. The van der Waals surface area contributed by atoms with E-state index < -0.39 is 17.6 Å². The molecule has 0 aliphatic carbocycles. The van der Waals surface area contributed by atoms with Gasteiger partial charge in [0.1, 0.15) is 6.04 Å². The number of aromatic nitrogens is 4. The smallest absolute Gasteiger partial charge is 0.327 e. The van der Waals surface area contributed by atoms with Crippen LogP contribution in [-0.4, -0.2) is 30.2 Å². The van der Waals surface area contributed by atoms with Gasteiger partial charge < -0.3 is 9.67 Å². The van der Waals surface area contributed by atoms with E-state index in [1.54, 1.807) is 24.4 Å². The number of rotatable bonds is 5. The van der Waals surface area contributed by atoms with Crippen molar-refractivity contribution in [1.29, 1.82) is 0 Å². The second kappa shape index (κ2) is 7.57. The van der Waals surface area contributed by atoms with Crippen molar-refractivity contribution in [3.8, 4) is 11.1 Å². The number of fused-ring (bicyclic) bond motifs is 3. The van der Waals surface area contributed by atoms with Gasteiger partial charge in [-0.3, -0.25) is 4.79 Å². The molecule has 4 rings (SSSR count). The molecule has 0 bridgehead atoms. The Balaban J connectivity index is 1.99. The molecule has 0 saturated carbocycles. The molecule has 0 unspecified atom stereocenters. The summed E-state index contributed by atoms with van der Waals surface area (Å²) in [5.74, 6) is -1.29. The average Bonchev–Trinajstić information content (AvgIpc) is 3.09. The fourth-order valence-corrected chi connectivity index (χ4v) is 3.96. The summed E-state index contributed by atoms with van der Waals surface area (Å²) >= 11 is 6.03. The number of aliphatic carboxylic acids is 1. The zero-order valence-electron chi connectivity index (χ0n) is 16.8. The molecular formula is C22H21ClN4O3. The lowest BCUT2D eigenvalue weighted by Crippen LogP contribution is -2.33. The Morgan fingerprint density at radius 2 is 1.90 bits per heavy atom. The summed E-state index contributed by atoms with van der Waals surface area (Å²) in [7, 11) is 0. The van der Waals surface area contributed by atoms with Crippen LogP contribution in [0, 0.1) is 5.92 Å². The van der Waals surface area contributed by atoms with Crippen LogP contribution >= 0.6 is 11.6 Å². The molecular weight excluding hydrogens is 404 g/mol. The number of nitrogens with zero attached hydrogens (tertiary/aromatic N) is 4. The lowest BCUT2D eigenvalue weighted by molar-refractivity contribution is -0.142. The van der Waals surface area contributed by atoms with E-state index in [4.69, 9.17) is 16.7 Å². The number of aryl methyl sites for hydroxylation is 1. The maximum Gasteiger partial charge on any atom is 0.327 e. The van der Waals surface area contributed by atoms with Crippen molar-refractivity contribution in [3.05, 3.63) is 63.8 Å². The van der Waals surface area contributed by atoms with Crippen LogP contribution in [0.1, 0.15) is 32.5 Å². The molecule has 1 N–H and O–H groups in total. The van der Waals surface area contributed by atoms with Crippen molar-refractivity contribution in [3.63, 3.8) is 0 Å². The highest BCUT2D eigenvalue weighted by Gasteiger charge is 2.26. The van der Waals surface area contributed by atoms with E-state index in [2.05, 4.69) is 4.98 Å². The fraction of sp³-hybridized carbons (Fsp3) is 0.273. The molecule has 8 heteroatoms. The molecule has 1 aromatic carbocycles. The van der Waals surface area contributed by atoms with E-state index in [0.717, 1.165) is 16.8 Å². The predicted molar refractivity (Wildman–Crippen MR) is 116 cm³/mol. The van der Waals surface area contributed by atoms with E-state index in [-0.39, 0.29) is 5.92 Å². The SMILES string of the molecule is CCc1nn2c(ncc3c(=O)n([C@H](C(=O)O)C(C)C)ccc32)c1-c1ccc(Cl)cc1. The van der Waals surface area contributed by atoms with Gasteiger partial charge in [0.2, 0.25) is 0 Å². The molecule has 0 aliphatic rings. The maximum absolute atomic E-state index is 13.1. The van der Waals surface area contributed by atoms with Gasteiger partial charge in [0.05, 0.1) is 16.6 Å². The van der Waals surface area contributed by atoms with Crippen LogP contribution < -0.4 is 5.56 Å². The molecule has 154 valence electrons. The van der Waals surface area contributed by atoms with Crippen molar-refractivity contribution in [2.45, 2.75) is 33.2 Å². The van der Waals surface area contributed by atoms with Gasteiger partial charge in [-0.15, -0.1) is 0 Å². The van der Waals surface area contributed by atoms with Crippen molar-refractivity contribution < 1.29 is 9.90 Å². The van der Waals surface area contributed by atoms with Gasteiger partial charge in [-0.05, 0) is 36.1 Å². The van der Waals surface area contributed by atoms with E-state index in [9.17, 15) is 14.7 Å². The van der Waals surface area contributed by atoms with Crippen molar-refractivity contribution >= 4 is 34.1 Å². The highest BCUT2D eigenvalue weighted by atomic mass is 35.5. The largest absolute Gasteiger partial charge is 0.480 e. The summed E-state index contributed by atoms with van der Waals surface area (Å²) < 4.78 is 2.92. The van der Waals surface area contributed by atoms with Gasteiger partial charge in [-0.25, -0.2) is 14.3 Å². The second-order valence-corrected chi connectivity index (χ2v) is 7.97. The molecule has 1 atom stereocenters. The van der Waals surface area contributed by atoms with Crippen molar-refractivity contribution in [2.24, 2.45) is 5.92 Å². The third kappa shape index (κ3) is 3.15. The normalized spacial score (nSPS) is 12.7. The molecule has 30 heavy (non-hydrogen) atoms. The molecule has 0 spiro atoms. The topological polar surface area (TPSA) is 89.5 Å². The van der Waals surface area contributed by atoms with Crippen LogP contribution in [0.4, 0.5) is 0 Å². The number of carbonyl (C=O) groups is 1. The van der Waals surface area contributed by atoms with Crippen LogP contribution in [0.15, 0.2) is 47.5 Å². The Morgan fingerprint density at radius 3 is 2.50 bits per heavy atom. The molecule has 3 aromatic heterocycles. The third-order valence-electron chi connectivity index (χ3n) is 5.26. The van der Waals surface area contributed by atoms with Crippen LogP contribution in [0.25, 0.3) is 27.7 Å². The van der Waals surface area contributed by atoms with Crippen molar-refractivity contribution in [1.82, 2.24) is 19.2 Å². The molecule has 0 fully saturated rings. The Kier molecular flexibility index (Phi) is 5.07. The molecule has 0 saturated heterocycles. The fourth-order valence-electron chi connectivity index (χ4n) is 3.83. The Bertz CT molecular complexity index is 1320. The minimum atomic E-state index is -1.04. The van der Waals surface area contributed by atoms with Crippen molar-refractivity contribution in [2.75, 3.05) is 0 Å². The highest BCUT2D eigenvalue weighted by Crippen LogP contribution is 2.30. The van der Waals surface area contributed by atoms with Crippen LogP contribution in [-0.2, 0) is 11.2 Å². The third-order valence-corrected chi connectivity index (χ3v) is 5.52. The van der Waals surface area contributed by atoms with Gasteiger partial charge in [-0.2, -0.15) is 5.10 Å². The minimum Gasteiger partial charge on any atom is -0.480 e. The van der Waals surface area contributed by atoms with Crippen LogP contribution in [0.2, 0.25) is 5.02 Å². The summed E-state index contributed by atoms with van der Waals surface area (Å²) in [5.41, 5.74) is 3.52. The lowest BCUT2D eigenvalue weighted by atomic mass is 10.0. The monoisotopic (exact) mass is 424 g/mol. The molecule has 3 heterocycles. The second-order valence-electron chi connectivity index (χ2n) is 7.53. The van der Waals surface area contributed by atoms with Crippen LogP contribution in [0.5, 0.6) is 0 Å². The predicted octanol–water partition coefficient (Wildman–Crippen LogP) is 4.21. The zero-order valence-corrected chi connectivity index (χ0v) is 17.6. The van der Waals surface area contributed by atoms with E-state index in [0.29, 0.717) is 28.0 Å². The summed E-state index contributed by atoms with van der Waals surface area (Å²) in [4.78, 5) is 29.3. The van der Waals surface area contributed by atoms with E-state index >= 15 is 0 Å². The first-order chi connectivity index (χ1) is 14.3. The first-order valence-electron chi connectivity index (χ1n) is 9.73. The summed E-state index contributed by atoms with van der Waals surface area (Å²) in [6.45, 7) is 5.56. The Hall–Kier alpha value is -3.19. The molecule has 4 aromatic rings. The maximum atomic E-state index is 13.1. The quantitative estimate of drug-likeness (QED) is 0.518. The van der Waals surface area contributed by atoms with Crippen LogP contribution in [0.3, 0.4) is 0 Å². The number of hydrogen-bond acceptors (Lipinski definition) is 4. The summed E-state index contributed by atoms with van der Waals surface area (Å²) in [6.07, 6.45) is 3.72. The summed E-state index contributed by atoms with van der Waals surface area (Å²) in [5, 5.41) is 15.2. The Labute approximate surface area is 177 Å². The van der Waals surface area contributed by atoms with E-state index in [1.807, 2.05) is 31.2 Å². The molecule has 0 radical (unpaired) electrons. The number of carboxylic acids is 1. The first kappa shape index (κ1) is 20.1. The minimum absolute atomic E-state index is 0.248. The standard InChI is InChI=1S/C22H21ClN4O3/c1-4-16-18(13-5-7-14(23)8-6-13)20-24-11-15-17(27(20)25-16)9-10-26(21(15)28)19(12(2)3)22(29)30/h5-12,19H,4H2,1-3H3,(H,29,30)/t19-/m0/s1. The lowest BCUT2D eigenvalue weighted by Gasteiger charge is -2.19. The first-order valence-corrected chi connectivity index (χ1v) is 10.1. The van der Waals surface area contributed by atoms with E-state index in [1.165, 1.54) is 17.0 Å². The number of pyridine rings is 1. The van der Waals surface area contributed by atoms with Gasteiger partial charge in [-0.1, -0.05) is 44.5 Å². The van der Waals surface area contributed by atoms with Gasteiger partial charge >= 0.3 is 5.97 Å². The van der Waals surface area contributed by atoms with Gasteiger partial charge in [0.15, 0.2) is 5.65 Å².